The van der Waals surface area contributed by atoms with E-state index in [1.807, 2.05) is 18.3 Å². The minimum absolute atomic E-state index is 0.235. The van der Waals surface area contributed by atoms with Crippen molar-refractivity contribution in [2.75, 3.05) is 0 Å². The summed E-state index contributed by atoms with van der Waals surface area (Å²) in [5.41, 5.74) is 1.05. The summed E-state index contributed by atoms with van der Waals surface area (Å²) in [6.45, 7) is 0.788. The second kappa shape index (κ2) is 6.13. The topological polar surface area (TPSA) is 48.7 Å². The first-order valence-electron chi connectivity index (χ1n) is 6.01. The zero-order valence-corrected chi connectivity index (χ0v) is 11.3. The van der Waals surface area contributed by atoms with Crippen LogP contribution >= 0.6 is 15.9 Å². The Balaban J connectivity index is 1.82. The average molecular weight is 294 g/mol. The first kappa shape index (κ1) is 12.5. The van der Waals surface area contributed by atoms with Crippen molar-refractivity contribution in [3.8, 4) is 6.07 Å². The van der Waals surface area contributed by atoms with Crippen molar-refractivity contribution in [2.45, 2.75) is 38.3 Å². The van der Waals surface area contributed by atoms with Crippen LogP contribution < -0.4 is 5.32 Å². The monoisotopic (exact) mass is 293 g/mol. The highest BCUT2D eigenvalue weighted by Crippen LogP contribution is 2.23. The van der Waals surface area contributed by atoms with E-state index in [2.05, 4.69) is 32.3 Å². The second-order valence-electron chi connectivity index (χ2n) is 4.54. The fourth-order valence-corrected chi connectivity index (χ4v) is 2.49. The zero-order valence-electron chi connectivity index (χ0n) is 9.69. The molecule has 0 saturated heterocycles. The van der Waals surface area contributed by atoms with Gasteiger partial charge in [0.25, 0.3) is 0 Å². The number of nitrogens with zero attached hydrogens (tertiary/aromatic N) is 2. The smallest absolute Gasteiger partial charge is 0.0656 e. The van der Waals surface area contributed by atoms with Gasteiger partial charge in [0.15, 0.2) is 0 Å². The third-order valence-electron chi connectivity index (χ3n) is 3.22. The summed E-state index contributed by atoms with van der Waals surface area (Å²) in [6.07, 6.45) is 6.19. The molecule has 17 heavy (non-hydrogen) atoms. The molecule has 1 saturated carbocycles. The number of rotatable bonds is 3. The zero-order chi connectivity index (χ0) is 12.1. The largest absolute Gasteiger partial charge is 0.308 e. The van der Waals surface area contributed by atoms with Gasteiger partial charge in [0.1, 0.15) is 0 Å². The lowest BCUT2D eigenvalue weighted by molar-refractivity contribution is 0.326. The van der Waals surface area contributed by atoms with Crippen LogP contribution in [0, 0.1) is 17.2 Å². The first-order valence-corrected chi connectivity index (χ1v) is 6.80. The number of hydrogen-bond donors (Lipinski definition) is 1. The van der Waals surface area contributed by atoms with Gasteiger partial charge in [0, 0.05) is 29.2 Å². The Morgan fingerprint density at radius 2 is 2.35 bits per heavy atom. The van der Waals surface area contributed by atoms with Crippen LogP contribution in [0.2, 0.25) is 0 Å². The molecule has 0 aliphatic heterocycles. The van der Waals surface area contributed by atoms with Gasteiger partial charge >= 0.3 is 0 Å². The molecule has 1 fully saturated rings. The fraction of sp³-hybridized carbons (Fsp3) is 0.538. The van der Waals surface area contributed by atoms with Gasteiger partial charge in [-0.3, -0.25) is 4.98 Å². The van der Waals surface area contributed by atoms with E-state index in [9.17, 15) is 0 Å². The van der Waals surface area contributed by atoms with Crippen LogP contribution in [0.25, 0.3) is 0 Å². The molecule has 1 N–H and O–H groups in total. The van der Waals surface area contributed by atoms with E-state index in [-0.39, 0.29) is 5.92 Å². The Labute approximate surface area is 110 Å². The van der Waals surface area contributed by atoms with Crippen LogP contribution in [0.4, 0.5) is 0 Å². The summed E-state index contributed by atoms with van der Waals surface area (Å²) in [6, 6.07) is 6.87. The maximum absolute atomic E-state index is 8.93. The molecule has 3 nitrogen and oxygen atoms in total. The number of nitriles is 1. The van der Waals surface area contributed by atoms with Gasteiger partial charge in [-0.25, -0.2) is 0 Å². The van der Waals surface area contributed by atoms with Gasteiger partial charge in [-0.05, 0) is 47.3 Å². The number of halogens is 1. The molecule has 0 amide bonds. The molecule has 90 valence electrons. The average Bonchev–Trinajstić information content (AvgIpc) is 2.38. The Morgan fingerprint density at radius 1 is 1.47 bits per heavy atom. The lowest BCUT2D eigenvalue weighted by Crippen LogP contribution is -2.33. The van der Waals surface area contributed by atoms with E-state index in [0.29, 0.717) is 6.04 Å². The van der Waals surface area contributed by atoms with Crippen molar-refractivity contribution < 1.29 is 0 Å². The van der Waals surface area contributed by atoms with Gasteiger partial charge < -0.3 is 5.32 Å². The molecular formula is C13H16BrN3. The maximum atomic E-state index is 8.93. The molecule has 1 aromatic heterocycles. The standard InChI is InChI=1S/C13H16BrN3/c14-11-4-5-13(16-8-11)9-17-12-3-1-2-10(6-12)7-15/h4-5,8,10,12,17H,1-3,6,9H2. The summed E-state index contributed by atoms with van der Waals surface area (Å²) in [4.78, 5) is 4.33. The number of nitrogens with one attached hydrogen (secondary N) is 1. The Bertz CT molecular complexity index is 396. The molecule has 1 aromatic rings. The maximum Gasteiger partial charge on any atom is 0.0656 e. The van der Waals surface area contributed by atoms with Crippen molar-refractivity contribution in [3.63, 3.8) is 0 Å². The van der Waals surface area contributed by atoms with Crippen LogP contribution in [-0.2, 0) is 6.54 Å². The van der Waals surface area contributed by atoms with Crippen molar-refractivity contribution in [1.82, 2.24) is 10.3 Å². The van der Waals surface area contributed by atoms with Crippen molar-refractivity contribution in [1.29, 1.82) is 5.26 Å². The van der Waals surface area contributed by atoms with E-state index in [1.165, 1.54) is 6.42 Å². The normalized spacial score (nSPS) is 24.2. The highest BCUT2D eigenvalue weighted by atomic mass is 79.9. The van der Waals surface area contributed by atoms with E-state index in [0.717, 1.165) is 36.0 Å². The minimum atomic E-state index is 0.235. The summed E-state index contributed by atoms with van der Waals surface area (Å²) >= 11 is 3.37. The van der Waals surface area contributed by atoms with E-state index in [4.69, 9.17) is 5.26 Å². The Hall–Kier alpha value is -0.920. The molecule has 1 aliphatic rings. The SMILES string of the molecule is N#CC1CCCC(NCc2ccc(Br)cn2)C1. The summed E-state index contributed by atoms with van der Waals surface area (Å²) in [5, 5.41) is 12.4. The quantitative estimate of drug-likeness (QED) is 0.932. The first-order chi connectivity index (χ1) is 8.28. The van der Waals surface area contributed by atoms with Crippen molar-refractivity contribution in [3.05, 3.63) is 28.5 Å². The van der Waals surface area contributed by atoms with Crippen LogP contribution in [0.15, 0.2) is 22.8 Å². The molecule has 2 unspecified atom stereocenters. The fourth-order valence-electron chi connectivity index (χ4n) is 2.25. The third kappa shape index (κ3) is 3.79. The predicted molar refractivity (Wildman–Crippen MR) is 70.1 cm³/mol. The van der Waals surface area contributed by atoms with Crippen LogP contribution in [0.5, 0.6) is 0 Å². The molecule has 0 bridgehead atoms. The molecular weight excluding hydrogens is 278 g/mol. The van der Waals surface area contributed by atoms with Gasteiger partial charge in [-0.2, -0.15) is 5.26 Å². The third-order valence-corrected chi connectivity index (χ3v) is 3.69. The van der Waals surface area contributed by atoms with Gasteiger partial charge in [0.05, 0.1) is 11.8 Å². The molecule has 0 aromatic carbocycles. The van der Waals surface area contributed by atoms with Gasteiger partial charge in [0.2, 0.25) is 0 Å². The molecule has 2 rings (SSSR count). The highest BCUT2D eigenvalue weighted by Gasteiger charge is 2.20. The molecule has 1 heterocycles. The Kier molecular flexibility index (Phi) is 4.52. The lowest BCUT2D eigenvalue weighted by atomic mass is 9.87. The Morgan fingerprint density at radius 3 is 3.06 bits per heavy atom. The molecule has 4 heteroatoms. The van der Waals surface area contributed by atoms with Crippen LogP contribution in [0.1, 0.15) is 31.4 Å². The van der Waals surface area contributed by atoms with Crippen molar-refractivity contribution in [2.24, 2.45) is 5.92 Å². The summed E-state index contributed by atoms with van der Waals surface area (Å²) in [5.74, 6) is 0.235. The van der Waals surface area contributed by atoms with Crippen LogP contribution in [0.3, 0.4) is 0 Å². The number of aromatic nitrogens is 1. The number of hydrogen-bond acceptors (Lipinski definition) is 3. The number of pyridine rings is 1. The highest BCUT2D eigenvalue weighted by molar-refractivity contribution is 9.10. The van der Waals surface area contributed by atoms with Gasteiger partial charge in [-0.1, -0.05) is 6.42 Å². The van der Waals surface area contributed by atoms with E-state index >= 15 is 0 Å². The van der Waals surface area contributed by atoms with Gasteiger partial charge in [-0.15, -0.1) is 0 Å². The summed E-state index contributed by atoms with van der Waals surface area (Å²) < 4.78 is 1.00. The molecule has 2 atom stereocenters. The van der Waals surface area contributed by atoms with E-state index in [1.54, 1.807) is 0 Å². The second-order valence-corrected chi connectivity index (χ2v) is 5.45. The molecule has 0 radical (unpaired) electrons. The lowest BCUT2D eigenvalue weighted by Gasteiger charge is -2.26. The van der Waals surface area contributed by atoms with Crippen LogP contribution in [-0.4, -0.2) is 11.0 Å². The predicted octanol–water partition coefficient (Wildman–Crippen LogP) is 3.02. The van der Waals surface area contributed by atoms with Crippen molar-refractivity contribution >= 4 is 15.9 Å². The summed E-state index contributed by atoms with van der Waals surface area (Å²) in [7, 11) is 0. The molecule has 0 spiro atoms. The molecule has 1 aliphatic carbocycles. The minimum Gasteiger partial charge on any atom is -0.308 e. The van der Waals surface area contributed by atoms with E-state index < -0.39 is 0 Å².